The minimum absolute atomic E-state index is 0.0778. The van der Waals surface area contributed by atoms with E-state index in [1.807, 2.05) is 37.3 Å². The van der Waals surface area contributed by atoms with E-state index in [1.54, 1.807) is 4.57 Å². The summed E-state index contributed by atoms with van der Waals surface area (Å²) < 4.78 is 29.1. The number of rotatable bonds is 5. The third-order valence-electron chi connectivity index (χ3n) is 4.16. The molecule has 0 saturated heterocycles. The molecule has 0 aliphatic heterocycles. The van der Waals surface area contributed by atoms with Gasteiger partial charge in [0.15, 0.2) is 0 Å². The van der Waals surface area contributed by atoms with Crippen LogP contribution in [0.2, 0.25) is 0 Å². The number of nitrogens with zero attached hydrogens (tertiary/aromatic N) is 1. The van der Waals surface area contributed by atoms with E-state index in [1.165, 1.54) is 24.4 Å². The maximum atomic E-state index is 13.7. The van der Waals surface area contributed by atoms with E-state index in [4.69, 9.17) is 0 Å². The molecule has 1 heterocycles. The third-order valence-corrected chi connectivity index (χ3v) is 4.16. The molecule has 1 atom stereocenters. The second kappa shape index (κ2) is 6.89. The highest BCUT2D eigenvalue weighted by Gasteiger charge is 2.20. The van der Waals surface area contributed by atoms with E-state index in [0.29, 0.717) is 17.7 Å². The van der Waals surface area contributed by atoms with Gasteiger partial charge in [0, 0.05) is 23.5 Å². The average Bonchev–Trinajstić information content (AvgIpc) is 3.01. The van der Waals surface area contributed by atoms with Gasteiger partial charge in [-0.2, -0.15) is 0 Å². The SMILES string of the molecule is CCC(c1ccccc1)n1cc(C(=O)O)cc1-c1cc(F)cc(F)c1. The van der Waals surface area contributed by atoms with Crippen LogP contribution in [0.4, 0.5) is 8.78 Å². The molecule has 0 radical (unpaired) electrons. The average molecular weight is 341 g/mol. The van der Waals surface area contributed by atoms with Gasteiger partial charge < -0.3 is 9.67 Å². The predicted molar refractivity (Wildman–Crippen MR) is 91.6 cm³/mol. The number of hydrogen-bond donors (Lipinski definition) is 1. The number of aromatic carboxylic acids is 1. The van der Waals surface area contributed by atoms with E-state index in [-0.39, 0.29) is 11.6 Å². The first kappa shape index (κ1) is 16.9. The lowest BCUT2D eigenvalue weighted by Crippen LogP contribution is -2.10. The summed E-state index contributed by atoms with van der Waals surface area (Å²) in [5.41, 5.74) is 1.84. The van der Waals surface area contributed by atoms with Crippen LogP contribution in [-0.4, -0.2) is 15.6 Å². The summed E-state index contributed by atoms with van der Waals surface area (Å²) >= 11 is 0. The Morgan fingerprint density at radius 2 is 1.72 bits per heavy atom. The molecule has 3 aromatic rings. The van der Waals surface area contributed by atoms with Gasteiger partial charge in [0.25, 0.3) is 0 Å². The maximum Gasteiger partial charge on any atom is 0.337 e. The lowest BCUT2D eigenvalue weighted by molar-refractivity contribution is 0.0697. The van der Waals surface area contributed by atoms with Crippen molar-refractivity contribution in [2.45, 2.75) is 19.4 Å². The van der Waals surface area contributed by atoms with Gasteiger partial charge >= 0.3 is 5.97 Å². The summed E-state index contributed by atoms with van der Waals surface area (Å²) in [5.74, 6) is -2.49. The van der Waals surface area contributed by atoms with Crippen molar-refractivity contribution in [2.24, 2.45) is 0 Å². The Morgan fingerprint density at radius 1 is 1.08 bits per heavy atom. The van der Waals surface area contributed by atoms with Crippen LogP contribution >= 0.6 is 0 Å². The second-order valence-corrected chi connectivity index (χ2v) is 5.82. The van der Waals surface area contributed by atoms with Crippen molar-refractivity contribution in [2.75, 3.05) is 0 Å². The van der Waals surface area contributed by atoms with Crippen molar-refractivity contribution in [3.8, 4) is 11.3 Å². The first-order valence-electron chi connectivity index (χ1n) is 7.96. The number of carbonyl (C=O) groups is 1. The Kier molecular flexibility index (Phi) is 4.65. The highest BCUT2D eigenvalue weighted by Crippen LogP contribution is 2.32. The molecule has 0 spiro atoms. The smallest absolute Gasteiger partial charge is 0.337 e. The standard InChI is InChI=1S/C20H17F2NO2/c1-2-18(13-6-4-3-5-7-13)23-12-15(20(24)25)10-19(23)14-8-16(21)11-17(22)9-14/h3-12,18H,2H2,1H3,(H,24,25). The minimum Gasteiger partial charge on any atom is -0.478 e. The van der Waals surface area contributed by atoms with Gasteiger partial charge in [-0.05, 0) is 30.2 Å². The quantitative estimate of drug-likeness (QED) is 0.699. The van der Waals surface area contributed by atoms with E-state index in [0.717, 1.165) is 11.6 Å². The fraction of sp³-hybridized carbons (Fsp3) is 0.150. The molecule has 128 valence electrons. The summed E-state index contributed by atoms with van der Waals surface area (Å²) in [5, 5.41) is 9.34. The first-order chi connectivity index (χ1) is 12.0. The number of hydrogen-bond acceptors (Lipinski definition) is 1. The third kappa shape index (κ3) is 3.45. The zero-order valence-corrected chi connectivity index (χ0v) is 13.6. The zero-order chi connectivity index (χ0) is 18.0. The van der Waals surface area contributed by atoms with E-state index in [2.05, 4.69) is 0 Å². The Morgan fingerprint density at radius 3 is 2.28 bits per heavy atom. The lowest BCUT2D eigenvalue weighted by Gasteiger charge is -2.21. The van der Waals surface area contributed by atoms with Crippen molar-refractivity contribution < 1.29 is 18.7 Å². The molecule has 0 amide bonds. The highest BCUT2D eigenvalue weighted by molar-refractivity contribution is 5.89. The van der Waals surface area contributed by atoms with Gasteiger partial charge in [0.1, 0.15) is 11.6 Å². The molecule has 2 aromatic carbocycles. The van der Waals surface area contributed by atoms with Gasteiger partial charge in [-0.25, -0.2) is 13.6 Å². The molecule has 0 aliphatic carbocycles. The molecular weight excluding hydrogens is 324 g/mol. The topological polar surface area (TPSA) is 42.2 Å². The number of halogens is 2. The Hall–Kier alpha value is -2.95. The molecule has 0 aliphatic rings. The van der Waals surface area contributed by atoms with Crippen molar-refractivity contribution in [1.82, 2.24) is 4.57 Å². The number of carboxylic acids is 1. The Labute approximate surface area is 144 Å². The first-order valence-corrected chi connectivity index (χ1v) is 7.96. The molecule has 5 heteroatoms. The van der Waals surface area contributed by atoms with Crippen LogP contribution in [0.25, 0.3) is 11.3 Å². The van der Waals surface area contributed by atoms with Crippen molar-refractivity contribution >= 4 is 5.97 Å². The van der Waals surface area contributed by atoms with Gasteiger partial charge in [0.2, 0.25) is 0 Å². The highest BCUT2D eigenvalue weighted by atomic mass is 19.1. The minimum atomic E-state index is -1.08. The molecule has 3 nitrogen and oxygen atoms in total. The Bertz CT molecular complexity index is 883. The van der Waals surface area contributed by atoms with Gasteiger partial charge in [-0.3, -0.25) is 0 Å². The number of benzene rings is 2. The number of aromatic nitrogens is 1. The van der Waals surface area contributed by atoms with Crippen LogP contribution in [0.15, 0.2) is 60.8 Å². The van der Waals surface area contributed by atoms with Crippen LogP contribution in [0.3, 0.4) is 0 Å². The number of carboxylic acid groups (broad SMARTS) is 1. The summed E-state index contributed by atoms with van der Waals surface area (Å²) in [7, 11) is 0. The Balaban J connectivity index is 2.19. The van der Waals surface area contributed by atoms with Gasteiger partial charge in [-0.15, -0.1) is 0 Å². The normalized spacial score (nSPS) is 12.1. The zero-order valence-electron chi connectivity index (χ0n) is 13.6. The lowest BCUT2D eigenvalue weighted by atomic mass is 10.0. The van der Waals surface area contributed by atoms with Crippen molar-refractivity contribution in [3.05, 3.63) is 83.6 Å². The van der Waals surface area contributed by atoms with Crippen LogP contribution in [0.1, 0.15) is 35.3 Å². The summed E-state index contributed by atoms with van der Waals surface area (Å²) in [6.07, 6.45) is 2.21. The van der Waals surface area contributed by atoms with Gasteiger partial charge in [0.05, 0.1) is 11.6 Å². The molecule has 0 saturated carbocycles. The van der Waals surface area contributed by atoms with Gasteiger partial charge in [-0.1, -0.05) is 37.3 Å². The molecule has 1 unspecified atom stereocenters. The van der Waals surface area contributed by atoms with Crippen LogP contribution in [0, 0.1) is 11.6 Å². The van der Waals surface area contributed by atoms with Crippen LogP contribution in [0.5, 0.6) is 0 Å². The second-order valence-electron chi connectivity index (χ2n) is 5.82. The summed E-state index contributed by atoms with van der Waals surface area (Å²) in [6.45, 7) is 1.98. The molecule has 0 bridgehead atoms. The van der Waals surface area contributed by atoms with Crippen molar-refractivity contribution in [1.29, 1.82) is 0 Å². The van der Waals surface area contributed by atoms with Crippen LogP contribution in [-0.2, 0) is 0 Å². The maximum absolute atomic E-state index is 13.7. The largest absolute Gasteiger partial charge is 0.478 e. The monoisotopic (exact) mass is 341 g/mol. The molecule has 25 heavy (non-hydrogen) atoms. The summed E-state index contributed by atoms with van der Waals surface area (Å²) in [6, 6.07) is 14.1. The van der Waals surface area contributed by atoms with Crippen LogP contribution < -0.4 is 0 Å². The van der Waals surface area contributed by atoms with E-state index < -0.39 is 17.6 Å². The van der Waals surface area contributed by atoms with E-state index >= 15 is 0 Å². The summed E-state index contributed by atoms with van der Waals surface area (Å²) in [4.78, 5) is 11.4. The predicted octanol–water partition coefficient (Wildman–Crippen LogP) is 5.13. The van der Waals surface area contributed by atoms with E-state index in [9.17, 15) is 18.7 Å². The molecule has 1 aromatic heterocycles. The van der Waals surface area contributed by atoms with Crippen molar-refractivity contribution in [3.63, 3.8) is 0 Å². The molecule has 1 N–H and O–H groups in total. The molecule has 3 rings (SSSR count). The fourth-order valence-corrected chi connectivity index (χ4v) is 3.06. The molecular formula is C20H17F2NO2. The molecule has 0 fully saturated rings. The fourth-order valence-electron chi connectivity index (χ4n) is 3.06.